The van der Waals surface area contributed by atoms with Crippen LogP contribution in [0.1, 0.15) is 31.9 Å². The highest BCUT2D eigenvalue weighted by Crippen LogP contribution is 2.19. The Bertz CT molecular complexity index is 233. The third-order valence-electron chi connectivity index (χ3n) is 2.15. The molecule has 1 N–H and O–H groups in total. The number of rotatable bonds is 6. The summed E-state index contributed by atoms with van der Waals surface area (Å²) in [7, 11) is 2.00. The molecule has 1 aromatic rings. The molecule has 0 aliphatic heterocycles. The third-order valence-corrected chi connectivity index (χ3v) is 2.85. The number of hydrogen-bond acceptors (Lipinski definition) is 3. The Hall–Kier alpha value is -0.380. The van der Waals surface area contributed by atoms with E-state index in [1.807, 2.05) is 7.05 Å². The molecule has 14 heavy (non-hydrogen) atoms. The standard InChI is InChI=1S/C11H19NOS/c1-9(2)13-6-4-11(12-3)10-5-7-14-8-10/h5,7-9,11-12H,4,6H2,1-3H3. The van der Waals surface area contributed by atoms with E-state index in [4.69, 9.17) is 4.74 Å². The average molecular weight is 213 g/mol. The maximum absolute atomic E-state index is 5.54. The van der Waals surface area contributed by atoms with E-state index in [1.165, 1.54) is 5.56 Å². The van der Waals surface area contributed by atoms with Gasteiger partial charge in [-0.05, 0) is 49.7 Å². The minimum atomic E-state index is 0.329. The summed E-state index contributed by atoms with van der Waals surface area (Å²) >= 11 is 1.74. The van der Waals surface area contributed by atoms with Gasteiger partial charge in [0, 0.05) is 12.6 Å². The molecule has 0 aliphatic carbocycles. The van der Waals surface area contributed by atoms with Crippen molar-refractivity contribution in [1.29, 1.82) is 0 Å². The quantitative estimate of drug-likeness (QED) is 0.784. The summed E-state index contributed by atoms with van der Waals surface area (Å²) in [4.78, 5) is 0. The lowest BCUT2D eigenvalue weighted by atomic mass is 10.1. The minimum Gasteiger partial charge on any atom is -0.379 e. The number of nitrogens with one attached hydrogen (secondary N) is 1. The van der Waals surface area contributed by atoms with Crippen LogP contribution >= 0.6 is 11.3 Å². The van der Waals surface area contributed by atoms with E-state index in [9.17, 15) is 0 Å². The molecule has 0 saturated carbocycles. The maximum atomic E-state index is 5.54. The van der Waals surface area contributed by atoms with Gasteiger partial charge in [0.2, 0.25) is 0 Å². The van der Waals surface area contributed by atoms with Crippen molar-refractivity contribution in [2.75, 3.05) is 13.7 Å². The zero-order chi connectivity index (χ0) is 10.4. The molecule has 3 heteroatoms. The van der Waals surface area contributed by atoms with E-state index in [0.29, 0.717) is 12.1 Å². The van der Waals surface area contributed by atoms with Crippen LogP contribution in [0.3, 0.4) is 0 Å². The fraction of sp³-hybridized carbons (Fsp3) is 0.636. The smallest absolute Gasteiger partial charge is 0.0518 e. The first-order valence-corrected chi connectivity index (χ1v) is 5.99. The monoisotopic (exact) mass is 213 g/mol. The molecule has 0 radical (unpaired) electrons. The normalized spacial score (nSPS) is 13.4. The summed E-state index contributed by atoms with van der Waals surface area (Å²) in [5.74, 6) is 0. The highest BCUT2D eigenvalue weighted by molar-refractivity contribution is 7.07. The Morgan fingerprint density at radius 1 is 1.50 bits per heavy atom. The van der Waals surface area contributed by atoms with Crippen molar-refractivity contribution in [1.82, 2.24) is 5.32 Å². The van der Waals surface area contributed by atoms with E-state index < -0.39 is 0 Å². The number of ether oxygens (including phenoxy) is 1. The highest BCUT2D eigenvalue weighted by Gasteiger charge is 2.09. The van der Waals surface area contributed by atoms with Crippen LogP contribution in [0.25, 0.3) is 0 Å². The van der Waals surface area contributed by atoms with Crippen molar-refractivity contribution in [2.45, 2.75) is 32.4 Å². The van der Waals surface area contributed by atoms with E-state index in [-0.39, 0.29) is 0 Å². The first-order chi connectivity index (χ1) is 6.74. The summed E-state index contributed by atoms with van der Waals surface area (Å²) < 4.78 is 5.54. The molecule has 1 unspecified atom stereocenters. The average Bonchev–Trinajstić information content (AvgIpc) is 2.64. The summed E-state index contributed by atoms with van der Waals surface area (Å²) in [5.41, 5.74) is 1.37. The van der Waals surface area contributed by atoms with Crippen LogP contribution in [0.4, 0.5) is 0 Å². The number of thiophene rings is 1. The fourth-order valence-corrected chi connectivity index (χ4v) is 2.09. The van der Waals surface area contributed by atoms with Gasteiger partial charge in [-0.2, -0.15) is 11.3 Å². The van der Waals surface area contributed by atoms with Crippen molar-refractivity contribution in [3.8, 4) is 0 Å². The molecular formula is C11H19NOS. The molecule has 0 fully saturated rings. The van der Waals surface area contributed by atoms with Gasteiger partial charge in [0.1, 0.15) is 0 Å². The Balaban J connectivity index is 2.33. The predicted octanol–water partition coefficient (Wildman–Crippen LogP) is 2.82. The van der Waals surface area contributed by atoms with E-state index in [2.05, 4.69) is 36.0 Å². The molecule has 2 nitrogen and oxygen atoms in total. The van der Waals surface area contributed by atoms with E-state index in [0.717, 1.165) is 13.0 Å². The molecule has 80 valence electrons. The molecule has 1 atom stereocenters. The second-order valence-electron chi connectivity index (χ2n) is 3.61. The second-order valence-corrected chi connectivity index (χ2v) is 4.39. The molecule has 0 saturated heterocycles. The van der Waals surface area contributed by atoms with Crippen molar-refractivity contribution in [2.24, 2.45) is 0 Å². The molecule has 1 heterocycles. The second kappa shape index (κ2) is 6.17. The van der Waals surface area contributed by atoms with Crippen molar-refractivity contribution >= 4 is 11.3 Å². The topological polar surface area (TPSA) is 21.3 Å². The molecule has 0 spiro atoms. The van der Waals surface area contributed by atoms with Crippen LogP contribution in [0.15, 0.2) is 16.8 Å². The first kappa shape index (κ1) is 11.7. The van der Waals surface area contributed by atoms with Crippen LogP contribution < -0.4 is 5.32 Å². The molecule has 0 aromatic carbocycles. The lowest BCUT2D eigenvalue weighted by Crippen LogP contribution is -2.18. The van der Waals surface area contributed by atoms with Crippen LogP contribution in [0, 0.1) is 0 Å². The van der Waals surface area contributed by atoms with E-state index in [1.54, 1.807) is 11.3 Å². The van der Waals surface area contributed by atoms with Gasteiger partial charge in [0.05, 0.1) is 6.10 Å². The Morgan fingerprint density at radius 3 is 2.79 bits per heavy atom. The molecule has 0 bridgehead atoms. The van der Waals surface area contributed by atoms with Gasteiger partial charge in [-0.1, -0.05) is 0 Å². The van der Waals surface area contributed by atoms with Crippen LogP contribution in [-0.2, 0) is 4.74 Å². The molecule has 0 amide bonds. The first-order valence-electron chi connectivity index (χ1n) is 5.05. The van der Waals surface area contributed by atoms with Crippen molar-refractivity contribution in [3.63, 3.8) is 0 Å². The van der Waals surface area contributed by atoms with Crippen LogP contribution in [-0.4, -0.2) is 19.8 Å². The summed E-state index contributed by atoms with van der Waals surface area (Å²) in [6.07, 6.45) is 1.36. The van der Waals surface area contributed by atoms with Gasteiger partial charge in [0.25, 0.3) is 0 Å². The molecule has 1 aromatic heterocycles. The van der Waals surface area contributed by atoms with Crippen molar-refractivity contribution in [3.05, 3.63) is 22.4 Å². The van der Waals surface area contributed by atoms with E-state index >= 15 is 0 Å². The molecule has 0 aliphatic rings. The third kappa shape index (κ3) is 3.78. The summed E-state index contributed by atoms with van der Waals surface area (Å²) in [6.45, 7) is 4.96. The number of hydrogen-bond donors (Lipinski definition) is 1. The highest BCUT2D eigenvalue weighted by atomic mass is 32.1. The SMILES string of the molecule is CNC(CCOC(C)C)c1ccsc1. The lowest BCUT2D eigenvalue weighted by molar-refractivity contribution is 0.0719. The van der Waals surface area contributed by atoms with Gasteiger partial charge in [0.15, 0.2) is 0 Å². The van der Waals surface area contributed by atoms with Gasteiger partial charge >= 0.3 is 0 Å². The van der Waals surface area contributed by atoms with Gasteiger partial charge < -0.3 is 10.1 Å². The van der Waals surface area contributed by atoms with Crippen molar-refractivity contribution < 1.29 is 4.74 Å². The maximum Gasteiger partial charge on any atom is 0.0518 e. The summed E-state index contributed by atoms with van der Waals surface area (Å²) in [6, 6.07) is 2.60. The Kier molecular flexibility index (Phi) is 5.15. The predicted molar refractivity (Wildman–Crippen MR) is 61.8 cm³/mol. The van der Waals surface area contributed by atoms with Gasteiger partial charge in [-0.15, -0.1) is 0 Å². The fourth-order valence-electron chi connectivity index (χ4n) is 1.37. The zero-order valence-electron chi connectivity index (χ0n) is 9.12. The molecule has 1 rings (SSSR count). The van der Waals surface area contributed by atoms with Gasteiger partial charge in [-0.25, -0.2) is 0 Å². The lowest BCUT2D eigenvalue weighted by Gasteiger charge is -2.15. The summed E-state index contributed by atoms with van der Waals surface area (Å²) in [5, 5.41) is 7.61. The Morgan fingerprint density at radius 2 is 2.29 bits per heavy atom. The van der Waals surface area contributed by atoms with Gasteiger partial charge in [-0.3, -0.25) is 0 Å². The molecular weight excluding hydrogens is 194 g/mol. The van der Waals surface area contributed by atoms with Crippen LogP contribution in [0.2, 0.25) is 0 Å². The zero-order valence-corrected chi connectivity index (χ0v) is 9.93. The largest absolute Gasteiger partial charge is 0.379 e. The minimum absolute atomic E-state index is 0.329. The van der Waals surface area contributed by atoms with Crippen LogP contribution in [0.5, 0.6) is 0 Å². The Labute approximate surface area is 90.3 Å².